The number of nitrogens with one attached hydrogen (secondary N) is 1. The van der Waals surface area contributed by atoms with Crippen LogP contribution in [0.5, 0.6) is 0 Å². The lowest BCUT2D eigenvalue weighted by Gasteiger charge is -2.35. The van der Waals surface area contributed by atoms with Crippen LogP contribution in [-0.4, -0.2) is 36.0 Å². The second-order valence-corrected chi connectivity index (χ2v) is 7.17. The highest BCUT2D eigenvalue weighted by Gasteiger charge is 2.51. The van der Waals surface area contributed by atoms with Crippen molar-refractivity contribution in [3.8, 4) is 0 Å². The van der Waals surface area contributed by atoms with Gasteiger partial charge >= 0.3 is 0 Å². The molecular weight excluding hydrogens is 323 g/mol. The maximum Gasteiger partial charge on any atom is 0.254 e. The van der Waals surface area contributed by atoms with Crippen LogP contribution < -0.4 is 5.32 Å². The van der Waals surface area contributed by atoms with Crippen LogP contribution in [0.25, 0.3) is 0 Å². The molecule has 2 aliphatic heterocycles. The van der Waals surface area contributed by atoms with Gasteiger partial charge < -0.3 is 10.2 Å². The Morgan fingerprint density at radius 3 is 2.80 bits per heavy atom. The molecule has 1 N–H and O–H groups in total. The maximum atomic E-state index is 13.5. The Kier molecular flexibility index (Phi) is 3.37. The van der Waals surface area contributed by atoms with Crippen LogP contribution in [0.3, 0.4) is 0 Å². The van der Waals surface area contributed by atoms with Crippen LogP contribution in [0, 0.1) is 17.7 Å². The van der Waals surface area contributed by atoms with Crippen molar-refractivity contribution in [2.45, 2.75) is 19.4 Å². The maximum absolute atomic E-state index is 13.5. The Bertz CT molecular complexity index is 541. The highest BCUT2D eigenvalue weighted by Crippen LogP contribution is 2.41. The van der Waals surface area contributed by atoms with Crippen LogP contribution in [0.15, 0.2) is 22.7 Å². The van der Waals surface area contributed by atoms with Gasteiger partial charge in [0.1, 0.15) is 5.82 Å². The molecule has 0 aromatic heterocycles. The van der Waals surface area contributed by atoms with E-state index in [0.717, 1.165) is 19.6 Å². The predicted octanol–water partition coefficient (Wildman–Crippen LogP) is 2.66. The lowest BCUT2D eigenvalue weighted by molar-refractivity contribution is 0.0602. The lowest BCUT2D eigenvalue weighted by Crippen LogP contribution is -2.47. The van der Waals surface area contributed by atoms with Crippen molar-refractivity contribution in [1.29, 1.82) is 0 Å². The zero-order chi connectivity index (χ0) is 14.5. The number of amides is 1. The van der Waals surface area contributed by atoms with Gasteiger partial charge in [-0.25, -0.2) is 4.39 Å². The first kappa shape index (κ1) is 14.0. The summed E-state index contributed by atoms with van der Waals surface area (Å²) in [5.41, 5.74) is 0.224. The van der Waals surface area contributed by atoms with Gasteiger partial charge in [-0.2, -0.15) is 0 Å². The molecule has 3 nitrogen and oxygen atoms in total. The molecule has 2 atom stereocenters. The van der Waals surface area contributed by atoms with E-state index in [1.54, 1.807) is 6.07 Å². The van der Waals surface area contributed by atoms with E-state index in [1.807, 2.05) is 4.90 Å². The molecule has 1 aromatic rings. The molecule has 2 aliphatic rings. The summed E-state index contributed by atoms with van der Waals surface area (Å²) in [5.74, 6) is 0.514. The number of carbonyl (C=O) groups excluding carboxylic acids is 1. The van der Waals surface area contributed by atoms with Crippen LogP contribution in [0.4, 0.5) is 4.39 Å². The number of rotatable bonds is 1. The van der Waals surface area contributed by atoms with E-state index < -0.39 is 0 Å². The van der Waals surface area contributed by atoms with E-state index in [2.05, 4.69) is 35.1 Å². The van der Waals surface area contributed by atoms with Gasteiger partial charge in [0.25, 0.3) is 5.91 Å². The molecule has 0 aliphatic carbocycles. The Balaban J connectivity index is 1.91. The number of halogens is 2. The summed E-state index contributed by atoms with van der Waals surface area (Å²) in [6.45, 7) is 6.88. The summed E-state index contributed by atoms with van der Waals surface area (Å²) in [5, 5.41) is 3.39. The van der Waals surface area contributed by atoms with Crippen molar-refractivity contribution in [1.82, 2.24) is 10.2 Å². The van der Waals surface area contributed by atoms with E-state index in [9.17, 15) is 9.18 Å². The Hall–Kier alpha value is -0.940. The van der Waals surface area contributed by atoms with Crippen LogP contribution in [0.2, 0.25) is 0 Å². The molecule has 0 spiro atoms. The lowest BCUT2D eigenvalue weighted by atomic mass is 9.84. The standard InChI is InChI=1S/C15H18BrFN2O/c1-15(2)13-7-18-6-10(13)8-19(15)14(20)9-3-11(16)5-12(17)4-9/h3-5,10,13,18H,6-8H2,1-2H3. The summed E-state index contributed by atoms with van der Waals surface area (Å²) >= 11 is 3.25. The number of nitrogens with zero attached hydrogens (tertiary/aromatic N) is 1. The second kappa shape index (κ2) is 4.81. The molecule has 2 unspecified atom stereocenters. The van der Waals surface area contributed by atoms with Crippen LogP contribution in [-0.2, 0) is 0 Å². The molecule has 5 heteroatoms. The first-order chi connectivity index (χ1) is 9.39. The summed E-state index contributed by atoms with van der Waals surface area (Å²) in [6, 6.07) is 4.37. The summed E-state index contributed by atoms with van der Waals surface area (Å²) in [6.07, 6.45) is 0. The van der Waals surface area contributed by atoms with E-state index in [-0.39, 0.29) is 17.3 Å². The summed E-state index contributed by atoms with van der Waals surface area (Å²) in [4.78, 5) is 14.6. The number of benzene rings is 1. The predicted molar refractivity (Wildman–Crippen MR) is 79.1 cm³/mol. The average Bonchev–Trinajstić information content (AvgIpc) is 2.90. The molecule has 20 heavy (non-hydrogen) atoms. The number of hydrogen-bond acceptors (Lipinski definition) is 2. The monoisotopic (exact) mass is 340 g/mol. The number of hydrogen-bond donors (Lipinski definition) is 1. The first-order valence-electron chi connectivity index (χ1n) is 6.88. The van der Waals surface area contributed by atoms with Gasteiger partial charge in [-0.3, -0.25) is 4.79 Å². The third-order valence-electron chi connectivity index (χ3n) is 4.71. The fourth-order valence-corrected chi connectivity index (χ4v) is 4.06. The van der Waals surface area contributed by atoms with Crippen molar-refractivity contribution in [2.24, 2.45) is 11.8 Å². The molecule has 1 aromatic carbocycles. The third-order valence-corrected chi connectivity index (χ3v) is 5.17. The van der Waals surface area contributed by atoms with Gasteiger partial charge in [0, 0.05) is 35.2 Å². The third kappa shape index (κ3) is 2.17. The second-order valence-electron chi connectivity index (χ2n) is 6.25. The molecule has 2 heterocycles. The minimum atomic E-state index is -0.387. The topological polar surface area (TPSA) is 32.3 Å². The molecule has 1 amide bonds. The van der Waals surface area contributed by atoms with Gasteiger partial charge in [0.05, 0.1) is 0 Å². The Morgan fingerprint density at radius 1 is 1.40 bits per heavy atom. The van der Waals surface area contributed by atoms with Crippen molar-refractivity contribution in [3.05, 3.63) is 34.1 Å². The quantitative estimate of drug-likeness (QED) is 0.852. The van der Waals surface area contributed by atoms with E-state index in [0.29, 0.717) is 21.9 Å². The molecule has 2 fully saturated rings. The molecule has 3 rings (SSSR count). The van der Waals surface area contributed by atoms with Crippen molar-refractivity contribution in [2.75, 3.05) is 19.6 Å². The zero-order valence-electron chi connectivity index (χ0n) is 11.6. The number of fused-ring (bicyclic) bond motifs is 1. The van der Waals surface area contributed by atoms with Crippen LogP contribution in [0.1, 0.15) is 24.2 Å². The molecule has 0 radical (unpaired) electrons. The van der Waals surface area contributed by atoms with E-state index in [4.69, 9.17) is 0 Å². The fraction of sp³-hybridized carbons (Fsp3) is 0.533. The first-order valence-corrected chi connectivity index (χ1v) is 7.67. The van der Waals surface area contributed by atoms with Gasteiger partial charge in [0.15, 0.2) is 0 Å². The van der Waals surface area contributed by atoms with Crippen molar-refractivity contribution >= 4 is 21.8 Å². The highest BCUT2D eigenvalue weighted by atomic mass is 79.9. The van der Waals surface area contributed by atoms with Gasteiger partial charge in [-0.1, -0.05) is 15.9 Å². The Labute approximate surface area is 126 Å². The molecule has 2 saturated heterocycles. The molecule has 0 saturated carbocycles. The normalized spacial score (nSPS) is 27.7. The zero-order valence-corrected chi connectivity index (χ0v) is 13.2. The fourth-order valence-electron chi connectivity index (χ4n) is 3.60. The smallest absolute Gasteiger partial charge is 0.254 e. The number of carbonyl (C=O) groups is 1. The highest BCUT2D eigenvalue weighted by molar-refractivity contribution is 9.10. The number of likely N-dealkylation sites (tertiary alicyclic amines) is 1. The molecule has 108 valence electrons. The minimum Gasteiger partial charge on any atom is -0.333 e. The molecule has 0 bridgehead atoms. The van der Waals surface area contributed by atoms with Gasteiger partial charge in [0.2, 0.25) is 0 Å². The molecular formula is C15H18BrFN2O. The van der Waals surface area contributed by atoms with E-state index >= 15 is 0 Å². The largest absolute Gasteiger partial charge is 0.333 e. The minimum absolute atomic E-state index is 0.0791. The van der Waals surface area contributed by atoms with Gasteiger partial charge in [-0.05, 0) is 43.9 Å². The Morgan fingerprint density at radius 2 is 2.15 bits per heavy atom. The van der Waals surface area contributed by atoms with Gasteiger partial charge in [-0.15, -0.1) is 0 Å². The van der Waals surface area contributed by atoms with Crippen molar-refractivity contribution < 1.29 is 9.18 Å². The summed E-state index contributed by atoms with van der Waals surface area (Å²) < 4.78 is 14.1. The average molecular weight is 341 g/mol. The SMILES string of the molecule is CC1(C)C2CNCC2CN1C(=O)c1cc(F)cc(Br)c1. The summed E-state index contributed by atoms with van der Waals surface area (Å²) in [7, 11) is 0. The van der Waals surface area contributed by atoms with Crippen molar-refractivity contribution in [3.63, 3.8) is 0 Å². The van der Waals surface area contributed by atoms with E-state index in [1.165, 1.54) is 12.1 Å². The van der Waals surface area contributed by atoms with Crippen LogP contribution >= 0.6 is 15.9 Å².